The van der Waals surface area contributed by atoms with Crippen LogP contribution in [0.1, 0.15) is 18.4 Å². The van der Waals surface area contributed by atoms with Crippen molar-refractivity contribution in [2.24, 2.45) is 10.7 Å². The van der Waals surface area contributed by atoms with E-state index in [2.05, 4.69) is 14.3 Å². The van der Waals surface area contributed by atoms with Crippen molar-refractivity contribution < 1.29 is 26.8 Å². The molecule has 3 rings (SSSR count). The average Bonchev–Trinajstić information content (AvgIpc) is 2.79. The van der Waals surface area contributed by atoms with Gasteiger partial charge in [-0.05, 0) is 24.5 Å². The Hall–Kier alpha value is -2.57. The zero-order valence-electron chi connectivity index (χ0n) is 13.6. The third-order valence-electron chi connectivity index (χ3n) is 4.17. The number of amidine groups is 1. The molecule has 2 aliphatic rings. The van der Waals surface area contributed by atoms with Crippen LogP contribution in [-0.4, -0.2) is 64.3 Å². The maximum absolute atomic E-state index is 12.3. The molecule has 1 aromatic heterocycles. The molecule has 0 radical (unpaired) electrons. The molecule has 1 aromatic rings. The highest BCUT2D eigenvalue weighted by Crippen LogP contribution is 2.30. The van der Waals surface area contributed by atoms with Gasteiger partial charge in [-0.1, -0.05) is 6.07 Å². The van der Waals surface area contributed by atoms with E-state index < -0.39 is 34.4 Å². The maximum atomic E-state index is 12.3. The fourth-order valence-electron chi connectivity index (χ4n) is 3.07. The molecule has 0 spiro atoms. The molecular formula is C14H17N5O6S. The molecule has 2 bridgehead atoms. The number of fused-ring (bicyclic) bond motifs is 2. The first-order valence-corrected chi connectivity index (χ1v) is 9.14. The van der Waals surface area contributed by atoms with Crippen molar-refractivity contribution in [1.29, 1.82) is 0 Å². The topological polar surface area (TPSA) is 155 Å². The van der Waals surface area contributed by atoms with Crippen molar-refractivity contribution in [3.8, 4) is 0 Å². The first-order chi connectivity index (χ1) is 12.2. The first-order valence-electron chi connectivity index (χ1n) is 7.77. The second-order valence-corrected chi connectivity index (χ2v) is 6.98. The largest absolute Gasteiger partial charge is 0.418 e. The average molecular weight is 383 g/mol. The zero-order chi connectivity index (χ0) is 18.9. The fraction of sp³-hybridized carbons (Fsp3) is 0.429. The number of nitrogens with zero attached hydrogens (tertiary/aromatic N) is 4. The van der Waals surface area contributed by atoms with Gasteiger partial charge in [0.15, 0.2) is 0 Å². The number of urea groups is 1. The molecule has 0 aliphatic carbocycles. The van der Waals surface area contributed by atoms with Crippen LogP contribution in [0.5, 0.6) is 0 Å². The van der Waals surface area contributed by atoms with Crippen molar-refractivity contribution in [2.45, 2.75) is 31.3 Å². The van der Waals surface area contributed by atoms with Gasteiger partial charge in [-0.15, -0.1) is 4.28 Å². The molecular weight excluding hydrogens is 366 g/mol. The molecule has 0 saturated carbocycles. The van der Waals surface area contributed by atoms with Crippen molar-refractivity contribution in [2.75, 3.05) is 6.54 Å². The summed E-state index contributed by atoms with van der Waals surface area (Å²) >= 11 is 0. The number of carbonyl (C=O) groups excluding carboxylic acids is 2. The lowest BCUT2D eigenvalue weighted by Crippen LogP contribution is -2.48. The summed E-state index contributed by atoms with van der Waals surface area (Å²) in [5, 5.41) is 0.611. The molecule has 2 fully saturated rings. The van der Waals surface area contributed by atoms with Crippen LogP contribution in [0.25, 0.3) is 0 Å². The van der Waals surface area contributed by atoms with Crippen LogP contribution in [-0.2, 0) is 25.9 Å². The number of piperidine rings is 1. The van der Waals surface area contributed by atoms with E-state index in [-0.39, 0.29) is 18.8 Å². The SMILES string of the molecule is NC(=NC(=O)Cc1cccnc1)[C@@H]1CC[C@@H]2CN1C(=O)N2OS(=O)(=O)O. The van der Waals surface area contributed by atoms with E-state index in [0.29, 0.717) is 23.5 Å². The number of aliphatic imine (C=N–C) groups is 1. The summed E-state index contributed by atoms with van der Waals surface area (Å²) in [5.74, 6) is -0.505. The third-order valence-corrected chi connectivity index (χ3v) is 4.52. The molecule has 2 saturated heterocycles. The normalized spacial score (nSPS) is 23.4. The lowest BCUT2D eigenvalue weighted by molar-refractivity contribution is -0.117. The van der Waals surface area contributed by atoms with Gasteiger partial charge in [0.1, 0.15) is 5.84 Å². The number of hydroxylamine groups is 2. The third kappa shape index (κ3) is 3.98. The number of rotatable bonds is 5. The minimum absolute atomic E-state index is 0.0236. The number of amides is 3. The van der Waals surface area contributed by atoms with Crippen LogP contribution >= 0.6 is 0 Å². The fourth-order valence-corrected chi connectivity index (χ4v) is 3.46. The standard InChI is InChI=1S/C14H17N5O6S/c15-13(17-12(20)6-9-2-1-5-16-7-9)11-4-3-10-8-18(11)14(21)19(10)25-26(22,23)24/h1-2,5,7,10-11H,3-4,6,8H2,(H2,15,17,20)(H,22,23,24)/t10-,11+/m1/s1. The molecule has 2 aliphatic heterocycles. The van der Waals surface area contributed by atoms with Gasteiger partial charge >= 0.3 is 16.4 Å². The number of hydrogen-bond acceptors (Lipinski definition) is 6. The van der Waals surface area contributed by atoms with Crippen LogP contribution in [0.4, 0.5) is 4.79 Å². The van der Waals surface area contributed by atoms with Gasteiger partial charge < -0.3 is 10.6 Å². The second kappa shape index (κ2) is 6.97. The molecule has 140 valence electrons. The Balaban J connectivity index is 1.70. The Labute approximate surface area is 149 Å². The maximum Gasteiger partial charge on any atom is 0.418 e. The minimum Gasteiger partial charge on any atom is -0.385 e. The van der Waals surface area contributed by atoms with E-state index >= 15 is 0 Å². The Morgan fingerprint density at radius 1 is 1.46 bits per heavy atom. The highest BCUT2D eigenvalue weighted by Gasteiger charge is 2.48. The Kier molecular flexibility index (Phi) is 4.89. The van der Waals surface area contributed by atoms with Gasteiger partial charge in [0, 0.05) is 18.9 Å². The van der Waals surface area contributed by atoms with Crippen molar-refractivity contribution in [3.05, 3.63) is 30.1 Å². The Morgan fingerprint density at radius 2 is 2.23 bits per heavy atom. The lowest BCUT2D eigenvalue weighted by atomic mass is 10.00. The van der Waals surface area contributed by atoms with E-state index in [1.807, 2.05) is 0 Å². The number of hydrogen-bond donors (Lipinski definition) is 2. The highest BCUT2D eigenvalue weighted by molar-refractivity contribution is 7.80. The highest BCUT2D eigenvalue weighted by atomic mass is 32.3. The van der Waals surface area contributed by atoms with Gasteiger partial charge in [-0.3, -0.25) is 14.3 Å². The predicted octanol–water partition coefficient (Wildman–Crippen LogP) is -0.489. The first kappa shape index (κ1) is 18.2. The summed E-state index contributed by atoms with van der Waals surface area (Å²) in [6.07, 6.45) is 3.93. The number of nitrogens with two attached hydrogens (primary N) is 1. The van der Waals surface area contributed by atoms with Crippen LogP contribution in [0.3, 0.4) is 0 Å². The number of aromatic nitrogens is 1. The van der Waals surface area contributed by atoms with Gasteiger partial charge in [0.25, 0.3) is 5.91 Å². The molecule has 0 aromatic carbocycles. The van der Waals surface area contributed by atoms with Crippen molar-refractivity contribution >= 4 is 28.2 Å². The number of carbonyl (C=O) groups is 2. The molecule has 2 atom stereocenters. The smallest absolute Gasteiger partial charge is 0.385 e. The summed E-state index contributed by atoms with van der Waals surface area (Å²) in [7, 11) is -4.81. The molecule has 11 nitrogen and oxygen atoms in total. The summed E-state index contributed by atoms with van der Waals surface area (Å²) in [5.41, 5.74) is 6.60. The summed E-state index contributed by atoms with van der Waals surface area (Å²) in [4.78, 5) is 33.4. The van der Waals surface area contributed by atoms with Crippen LogP contribution < -0.4 is 5.73 Å². The van der Waals surface area contributed by atoms with Crippen LogP contribution in [0, 0.1) is 0 Å². The molecule has 12 heteroatoms. The monoisotopic (exact) mass is 383 g/mol. The van der Waals surface area contributed by atoms with Crippen molar-refractivity contribution in [3.63, 3.8) is 0 Å². The second-order valence-electron chi connectivity index (χ2n) is 5.98. The molecule has 3 N–H and O–H groups in total. The van der Waals surface area contributed by atoms with Gasteiger partial charge in [0.2, 0.25) is 0 Å². The molecule has 3 amide bonds. The van der Waals surface area contributed by atoms with Gasteiger partial charge in [0.05, 0.1) is 18.5 Å². The van der Waals surface area contributed by atoms with E-state index in [0.717, 1.165) is 0 Å². The summed E-state index contributed by atoms with van der Waals surface area (Å²) < 4.78 is 34.9. The summed E-state index contributed by atoms with van der Waals surface area (Å²) in [6, 6.07) is 1.50. The summed E-state index contributed by atoms with van der Waals surface area (Å²) in [6.45, 7) is 0.159. The van der Waals surface area contributed by atoms with E-state index in [4.69, 9.17) is 10.3 Å². The van der Waals surface area contributed by atoms with Gasteiger partial charge in [-0.2, -0.15) is 18.5 Å². The van der Waals surface area contributed by atoms with Gasteiger partial charge in [-0.25, -0.2) is 4.79 Å². The molecule has 0 unspecified atom stereocenters. The number of pyridine rings is 1. The Morgan fingerprint density at radius 3 is 2.88 bits per heavy atom. The molecule has 3 heterocycles. The lowest BCUT2D eigenvalue weighted by Gasteiger charge is -2.29. The zero-order valence-corrected chi connectivity index (χ0v) is 14.4. The minimum atomic E-state index is -4.81. The Bertz CT molecular complexity index is 843. The van der Waals surface area contributed by atoms with Crippen LogP contribution in [0.15, 0.2) is 29.5 Å². The van der Waals surface area contributed by atoms with E-state index in [9.17, 15) is 18.0 Å². The quantitative estimate of drug-likeness (QED) is 0.392. The van der Waals surface area contributed by atoms with Crippen molar-refractivity contribution in [1.82, 2.24) is 14.9 Å². The van der Waals surface area contributed by atoms with Crippen LogP contribution in [0.2, 0.25) is 0 Å². The van der Waals surface area contributed by atoms with E-state index in [1.54, 1.807) is 24.5 Å². The predicted molar refractivity (Wildman–Crippen MR) is 88.0 cm³/mol. The molecule has 26 heavy (non-hydrogen) atoms. The van der Waals surface area contributed by atoms with E-state index in [1.165, 1.54) is 4.90 Å².